The minimum atomic E-state index is 0.725. The smallest absolute Gasteiger partial charge is 0.0600 e. The Morgan fingerprint density at radius 2 is 2.05 bits per heavy atom. The summed E-state index contributed by atoms with van der Waals surface area (Å²) in [7, 11) is 1.74. The molecule has 3 heteroatoms. The highest BCUT2D eigenvalue weighted by atomic mass is 14.9. The highest BCUT2D eigenvalue weighted by Gasteiger charge is 2.01. The van der Waals surface area contributed by atoms with Crippen LogP contribution >= 0.6 is 0 Å². The molecular weight excluding hydrogens is 270 g/mol. The van der Waals surface area contributed by atoms with E-state index in [1.807, 2.05) is 26.0 Å². The minimum absolute atomic E-state index is 0.725. The topological polar surface area (TPSA) is 36.8 Å². The van der Waals surface area contributed by atoms with Crippen LogP contribution in [0.4, 0.5) is 0 Å². The van der Waals surface area contributed by atoms with Gasteiger partial charge in [-0.05, 0) is 43.5 Å². The maximum Gasteiger partial charge on any atom is 0.0600 e. The molecule has 0 fully saturated rings. The summed E-state index contributed by atoms with van der Waals surface area (Å²) < 4.78 is 0. The Balaban J connectivity index is 2.67. The van der Waals surface area contributed by atoms with Gasteiger partial charge in [0, 0.05) is 31.2 Å². The fraction of sp³-hybridized carbons (Fsp3) is 0.263. The molecule has 0 saturated carbocycles. The Hall–Kier alpha value is -2.42. The summed E-state index contributed by atoms with van der Waals surface area (Å²) in [4.78, 5) is 8.39. The predicted octanol–water partition coefficient (Wildman–Crippen LogP) is 4.31. The van der Waals surface area contributed by atoms with Gasteiger partial charge in [0.2, 0.25) is 0 Å². The molecule has 1 aromatic carbocycles. The second-order valence-corrected chi connectivity index (χ2v) is 5.14. The molecule has 0 heterocycles. The third-order valence-electron chi connectivity index (χ3n) is 3.31. The van der Waals surface area contributed by atoms with E-state index in [1.54, 1.807) is 13.3 Å². The van der Waals surface area contributed by atoms with Gasteiger partial charge < -0.3 is 5.32 Å². The molecule has 0 bridgehead atoms. The molecule has 0 aliphatic heterocycles. The third-order valence-corrected chi connectivity index (χ3v) is 3.31. The summed E-state index contributed by atoms with van der Waals surface area (Å²) in [5, 5.41) is 3.31. The van der Waals surface area contributed by atoms with Crippen LogP contribution in [0.5, 0.6) is 0 Å². The molecule has 0 unspecified atom stereocenters. The number of rotatable bonds is 7. The van der Waals surface area contributed by atoms with Crippen LogP contribution in [-0.2, 0) is 6.54 Å². The first kappa shape index (κ1) is 17.6. The fourth-order valence-corrected chi connectivity index (χ4v) is 1.97. The molecule has 0 amide bonds. The first-order valence-electron chi connectivity index (χ1n) is 7.27. The maximum atomic E-state index is 4.48. The Labute approximate surface area is 133 Å². The van der Waals surface area contributed by atoms with Crippen molar-refractivity contribution >= 4 is 18.0 Å². The number of aliphatic imine (C=N–C) groups is 2. The number of allylic oxidation sites excluding steroid dienone is 3. The second-order valence-electron chi connectivity index (χ2n) is 5.14. The lowest BCUT2D eigenvalue weighted by Crippen LogP contribution is -2.17. The molecular formula is C19H25N3. The van der Waals surface area contributed by atoms with Gasteiger partial charge in [-0.25, -0.2) is 0 Å². The van der Waals surface area contributed by atoms with Crippen LogP contribution in [0.25, 0.3) is 6.08 Å². The molecule has 0 atom stereocenters. The van der Waals surface area contributed by atoms with Crippen molar-refractivity contribution in [3.63, 3.8) is 0 Å². The molecule has 1 rings (SSSR count). The first-order valence-corrected chi connectivity index (χ1v) is 7.27. The second kappa shape index (κ2) is 8.78. The van der Waals surface area contributed by atoms with E-state index in [-0.39, 0.29) is 0 Å². The molecule has 3 nitrogen and oxygen atoms in total. The largest absolute Gasteiger partial charge is 0.380 e. The highest BCUT2D eigenvalue weighted by Crippen LogP contribution is 2.12. The van der Waals surface area contributed by atoms with Crippen molar-refractivity contribution in [2.75, 3.05) is 7.05 Å². The molecule has 1 aromatic rings. The van der Waals surface area contributed by atoms with E-state index in [2.05, 4.69) is 53.6 Å². The lowest BCUT2D eigenvalue weighted by Gasteiger charge is -2.11. The lowest BCUT2D eigenvalue weighted by atomic mass is 10.1. The van der Waals surface area contributed by atoms with Crippen molar-refractivity contribution in [1.29, 1.82) is 0 Å². The molecule has 1 N–H and O–H groups in total. The summed E-state index contributed by atoms with van der Waals surface area (Å²) in [5.41, 5.74) is 6.20. The highest BCUT2D eigenvalue weighted by molar-refractivity contribution is 5.97. The van der Waals surface area contributed by atoms with Crippen molar-refractivity contribution in [2.24, 2.45) is 9.98 Å². The molecule has 116 valence electrons. The zero-order valence-corrected chi connectivity index (χ0v) is 14.0. The SMILES string of the molecule is C=Cc1ccc(CNC(=C)C(C)=N/C(C)=C/C=NC)cc1C. The number of benzene rings is 1. The van der Waals surface area contributed by atoms with Crippen LogP contribution in [0.2, 0.25) is 0 Å². The number of nitrogens with one attached hydrogen (secondary N) is 1. The van der Waals surface area contributed by atoms with Crippen LogP contribution in [-0.4, -0.2) is 19.0 Å². The van der Waals surface area contributed by atoms with Crippen LogP contribution < -0.4 is 5.32 Å². The number of hydrogen-bond donors (Lipinski definition) is 1. The van der Waals surface area contributed by atoms with E-state index in [4.69, 9.17) is 0 Å². The average molecular weight is 295 g/mol. The standard InChI is InChI=1S/C19H25N3/c1-7-19-9-8-18(12-14(19)2)13-21-16(4)17(5)22-15(3)10-11-20-6/h7-12,21H,1,4,13H2,2-3,5-6H3/b15-10+,20-11?,22-17?. The van der Waals surface area contributed by atoms with Crippen molar-refractivity contribution in [2.45, 2.75) is 27.3 Å². The fourth-order valence-electron chi connectivity index (χ4n) is 1.97. The van der Waals surface area contributed by atoms with Gasteiger partial charge in [-0.2, -0.15) is 0 Å². The van der Waals surface area contributed by atoms with Gasteiger partial charge in [0.15, 0.2) is 0 Å². The van der Waals surface area contributed by atoms with E-state index in [0.717, 1.165) is 23.7 Å². The summed E-state index contributed by atoms with van der Waals surface area (Å²) in [6.45, 7) is 14.5. The Morgan fingerprint density at radius 3 is 2.64 bits per heavy atom. The van der Waals surface area contributed by atoms with Crippen molar-refractivity contribution < 1.29 is 0 Å². The molecule has 0 aromatic heterocycles. The molecule has 0 aliphatic rings. The van der Waals surface area contributed by atoms with Gasteiger partial charge in [-0.15, -0.1) is 0 Å². The van der Waals surface area contributed by atoms with E-state index in [9.17, 15) is 0 Å². The Bertz CT molecular complexity index is 634. The van der Waals surface area contributed by atoms with Crippen molar-refractivity contribution in [3.8, 4) is 0 Å². The average Bonchev–Trinajstić information content (AvgIpc) is 2.50. The van der Waals surface area contributed by atoms with Gasteiger partial charge in [-0.1, -0.05) is 37.4 Å². The summed E-state index contributed by atoms with van der Waals surface area (Å²) >= 11 is 0. The molecule has 0 aliphatic carbocycles. The molecule has 0 saturated heterocycles. The maximum absolute atomic E-state index is 4.48. The zero-order chi connectivity index (χ0) is 16.5. The van der Waals surface area contributed by atoms with Gasteiger partial charge >= 0.3 is 0 Å². The number of nitrogens with zero attached hydrogens (tertiary/aromatic N) is 2. The van der Waals surface area contributed by atoms with E-state index < -0.39 is 0 Å². The number of aryl methyl sites for hydroxylation is 1. The molecule has 0 spiro atoms. The number of hydrogen-bond acceptors (Lipinski definition) is 3. The lowest BCUT2D eigenvalue weighted by molar-refractivity contribution is 0.844. The summed E-state index contributed by atoms with van der Waals surface area (Å²) in [6.07, 6.45) is 5.47. The van der Waals surface area contributed by atoms with Crippen molar-refractivity contribution in [1.82, 2.24) is 5.32 Å². The third kappa shape index (κ3) is 5.52. The molecule has 0 radical (unpaired) electrons. The van der Waals surface area contributed by atoms with Crippen LogP contribution in [0.1, 0.15) is 30.5 Å². The monoisotopic (exact) mass is 295 g/mol. The molecule has 22 heavy (non-hydrogen) atoms. The van der Waals surface area contributed by atoms with E-state index in [1.165, 1.54) is 16.7 Å². The minimum Gasteiger partial charge on any atom is -0.380 e. The quantitative estimate of drug-likeness (QED) is 0.748. The summed E-state index contributed by atoms with van der Waals surface area (Å²) in [5.74, 6) is 0. The van der Waals surface area contributed by atoms with Gasteiger partial charge in [0.05, 0.1) is 5.71 Å². The van der Waals surface area contributed by atoms with E-state index >= 15 is 0 Å². The normalized spacial score (nSPS) is 12.5. The summed E-state index contributed by atoms with van der Waals surface area (Å²) in [6, 6.07) is 6.34. The predicted molar refractivity (Wildman–Crippen MR) is 98.5 cm³/mol. The Morgan fingerprint density at radius 1 is 1.32 bits per heavy atom. The van der Waals surface area contributed by atoms with E-state index in [0.29, 0.717) is 0 Å². The van der Waals surface area contributed by atoms with Crippen LogP contribution in [0.3, 0.4) is 0 Å². The van der Waals surface area contributed by atoms with Crippen LogP contribution in [0, 0.1) is 6.92 Å². The first-order chi connectivity index (χ1) is 10.5. The zero-order valence-electron chi connectivity index (χ0n) is 14.0. The van der Waals surface area contributed by atoms with Gasteiger partial charge in [0.1, 0.15) is 0 Å². The van der Waals surface area contributed by atoms with Gasteiger partial charge in [0.25, 0.3) is 0 Å². The van der Waals surface area contributed by atoms with Gasteiger partial charge in [-0.3, -0.25) is 9.98 Å². The van der Waals surface area contributed by atoms with Crippen LogP contribution in [0.15, 0.2) is 58.8 Å². The van der Waals surface area contributed by atoms with Crippen molar-refractivity contribution in [3.05, 3.63) is 65.5 Å². The Kier molecular flexibility index (Phi) is 7.03.